The van der Waals surface area contributed by atoms with E-state index in [0.29, 0.717) is 4.91 Å². The summed E-state index contributed by atoms with van der Waals surface area (Å²) in [5.41, 5.74) is 0. The smallest absolute Gasteiger partial charge is 0.328 e. The fraction of sp³-hybridized carbons (Fsp3) is 0.250. The van der Waals surface area contributed by atoms with Gasteiger partial charge >= 0.3 is 5.97 Å². The molecule has 0 radical (unpaired) electrons. The summed E-state index contributed by atoms with van der Waals surface area (Å²) >= 11 is 5.60. The molecule has 0 bridgehead atoms. The largest absolute Gasteiger partial charge is 0.467 e. The van der Waals surface area contributed by atoms with E-state index >= 15 is 0 Å². The molecule has 1 aromatic heterocycles. The molecule has 106 valence electrons. The Bertz CT molecular complexity index is 610. The van der Waals surface area contributed by atoms with E-state index in [9.17, 15) is 14.4 Å². The van der Waals surface area contributed by atoms with Crippen LogP contribution in [0.4, 0.5) is 4.79 Å². The van der Waals surface area contributed by atoms with Gasteiger partial charge in [0.05, 0.1) is 12.0 Å². The standard InChI is InChI=1S/C12H10BrNO4S2/c1-6(11(16)18-2)14-10(15)9(20-12(14)17)4-8-3-7(13)5-19-8/h3-6H,1-2H3/b9-4+/t6-/m0/s1. The monoisotopic (exact) mass is 375 g/mol. The highest BCUT2D eigenvalue weighted by atomic mass is 79.9. The number of halogens is 1. The van der Waals surface area contributed by atoms with E-state index in [1.807, 2.05) is 11.4 Å². The van der Waals surface area contributed by atoms with Gasteiger partial charge in [-0.15, -0.1) is 11.3 Å². The molecular formula is C12H10BrNO4S2. The number of nitrogens with zero attached hydrogens (tertiary/aromatic N) is 1. The summed E-state index contributed by atoms with van der Waals surface area (Å²) in [4.78, 5) is 37.6. The van der Waals surface area contributed by atoms with E-state index in [2.05, 4.69) is 20.7 Å². The van der Waals surface area contributed by atoms with Gasteiger partial charge in [0.2, 0.25) is 0 Å². The fourth-order valence-corrected chi connectivity index (χ4v) is 3.97. The van der Waals surface area contributed by atoms with Crippen molar-refractivity contribution in [1.29, 1.82) is 0 Å². The van der Waals surface area contributed by atoms with Crippen molar-refractivity contribution in [3.05, 3.63) is 25.7 Å². The van der Waals surface area contributed by atoms with Gasteiger partial charge < -0.3 is 4.74 Å². The molecule has 8 heteroatoms. The van der Waals surface area contributed by atoms with Crippen molar-refractivity contribution in [3.63, 3.8) is 0 Å². The predicted molar refractivity (Wildman–Crippen MR) is 81.3 cm³/mol. The first-order valence-electron chi connectivity index (χ1n) is 5.53. The van der Waals surface area contributed by atoms with E-state index in [1.165, 1.54) is 25.4 Å². The third-order valence-corrected chi connectivity index (χ3v) is 5.14. The lowest BCUT2D eigenvalue weighted by atomic mass is 10.3. The molecular weight excluding hydrogens is 366 g/mol. The number of thioether (sulfide) groups is 1. The quantitative estimate of drug-likeness (QED) is 0.599. The molecule has 1 aliphatic rings. The Hall–Kier alpha value is -1.12. The summed E-state index contributed by atoms with van der Waals surface area (Å²) in [6.45, 7) is 1.47. The Morgan fingerprint density at radius 1 is 1.50 bits per heavy atom. The maximum Gasteiger partial charge on any atom is 0.328 e. The second-order valence-electron chi connectivity index (χ2n) is 3.92. The van der Waals surface area contributed by atoms with Gasteiger partial charge in [0.25, 0.3) is 11.1 Å². The Kier molecular flexibility index (Phi) is 4.66. The number of ether oxygens (including phenoxy) is 1. The molecule has 0 aliphatic carbocycles. The summed E-state index contributed by atoms with van der Waals surface area (Å²) in [5.74, 6) is -1.09. The first-order chi connectivity index (χ1) is 9.43. The van der Waals surface area contributed by atoms with E-state index in [1.54, 1.807) is 6.08 Å². The maximum absolute atomic E-state index is 12.2. The zero-order valence-electron chi connectivity index (χ0n) is 10.6. The third kappa shape index (κ3) is 2.97. The number of rotatable bonds is 3. The third-order valence-electron chi connectivity index (χ3n) is 2.61. The summed E-state index contributed by atoms with van der Waals surface area (Å²) in [5, 5.41) is 1.42. The number of esters is 1. The zero-order valence-corrected chi connectivity index (χ0v) is 13.8. The molecule has 5 nitrogen and oxygen atoms in total. The number of amides is 2. The van der Waals surface area contributed by atoms with Crippen molar-refractivity contribution >= 4 is 62.2 Å². The van der Waals surface area contributed by atoms with E-state index in [0.717, 1.165) is 26.0 Å². The number of methoxy groups -OCH3 is 1. The first kappa shape index (κ1) is 15.3. The van der Waals surface area contributed by atoms with Gasteiger partial charge in [-0.3, -0.25) is 14.5 Å². The number of imide groups is 1. The Morgan fingerprint density at radius 3 is 2.75 bits per heavy atom. The lowest BCUT2D eigenvalue weighted by Gasteiger charge is -2.18. The van der Waals surface area contributed by atoms with Crippen molar-refractivity contribution < 1.29 is 19.1 Å². The van der Waals surface area contributed by atoms with E-state index in [-0.39, 0.29) is 0 Å². The molecule has 2 rings (SSSR count). The molecule has 0 saturated carbocycles. The molecule has 20 heavy (non-hydrogen) atoms. The van der Waals surface area contributed by atoms with Crippen molar-refractivity contribution in [2.45, 2.75) is 13.0 Å². The van der Waals surface area contributed by atoms with Crippen LogP contribution in [0.15, 0.2) is 20.8 Å². The number of carbonyl (C=O) groups is 3. The summed E-state index contributed by atoms with van der Waals surface area (Å²) in [6.07, 6.45) is 1.64. The van der Waals surface area contributed by atoms with Gasteiger partial charge in [-0.05, 0) is 46.8 Å². The number of hydrogen-bond acceptors (Lipinski definition) is 6. The zero-order chi connectivity index (χ0) is 14.9. The minimum atomic E-state index is -0.923. The van der Waals surface area contributed by atoms with Crippen LogP contribution in [-0.4, -0.2) is 35.2 Å². The minimum Gasteiger partial charge on any atom is -0.467 e. The van der Waals surface area contributed by atoms with Crippen molar-refractivity contribution in [1.82, 2.24) is 4.90 Å². The van der Waals surface area contributed by atoms with Gasteiger partial charge in [0, 0.05) is 14.7 Å². The topological polar surface area (TPSA) is 63.7 Å². The van der Waals surface area contributed by atoms with Crippen LogP contribution >= 0.6 is 39.0 Å². The molecule has 0 N–H and O–H groups in total. The van der Waals surface area contributed by atoms with Crippen LogP contribution in [0.5, 0.6) is 0 Å². The van der Waals surface area contributed by atoms with Crippen LogP contribution in [0.3, 0.4) is 0 Å². The average molecular weight is 376 g/mol. The number of carbonyl (C=O) groups excluding carboxylic acids is 3. The van der Waals surface area contributed by atoms with Crippen LogP contribution in [0.1, 0.15) is 11.8 Å². The molecule has 0 spiro atoms. The van der Waals surface area contributed by atoms with Gasteiger partial charge in [-0.2, -0.15) is 0 Å². The van der Waals surface area contributed by atoms with Gasteiger partial charge in [0.1, 0.15) is 6.04 Å². The van der Waals surface area contributed by atoms with Crippen LogP contribution in [0.2, 0.25) is 0 Å². The predicted octanol–water partition coefficient (Wildman–Crippen LogP) is 3.11. The second kappa shape index (κ2) is 6.11. The van der Waals surface area contributed by atoms with Gasteiger partial charge in [-0.25, -0.2) is 4.79 Å². The average Bonchev–Trinajstić information content (AvgIpc) is 2.93. The minimum absolute atomic E-state index is 0.306. The van der Waals surface area contributed by atoms with Gasteiger partial charge in [0.15, 0.2) is 0 Å². The molecule has 2 amide bonds. The van der Waals surface area contributed by atoms with Crippen LogP contribution in [0.25, 0.3) is 6.08 Å². The Balaban J connectivity index is 2.25. The first-order valence-corrected chi connectivity index (χ1v) is 8.02. The summed E-state index contributed by atoms with van der Waals surface area (Å²) in [7, 11) is 1.22. The lowest BCUT2D eigenvalue weighted by Crippen LogP contribution is -2.42. The molecule has 2 heterocycles. The number of thiophene rings is 1. The molecule has 0 unspecified atom stereocenters. The highest BCUT2D eigenvalue weighted by Crippen LogP contribution is 2.35. The number of hydrogen-bond donors (Lipinski definition) is 0. The highest BCUT2D eigenvalue weighted by molar-refractivity contribution is 9.10. The normalized spacial score (nSPS) is 18.8. The molecule has 1 atom stereocenters. The molecule has 1 aromatic rings. The van der Waals surface area contributed by atoms with Crippen LogP contribution in [-0.2, 0) is 14.3 Å². The highest BCUT2D eigenvalue weighted by Gasteiger charge is 2.41. The van der Waals surface area contributed by atoms with Crippen molar-refractivity contribution in [3.8, 4) is 0 Å². The fourth-order valence-electron chi connectivity index (χ4n) is 1.62. The molecule has 1 saturated heterocycles. The van der Waals surface area contributed by atoms with Crippen LogP contribution < -0.4 is 0 Å². The SMILES string of the molecule is COC(=O)[C@H](C)N1C(=O)S/C(=C/c2cc(Br)cs2)C1=O. The molecule has 1 fully saturated rings. The Labute approximate surface area is 132 Å². The second-order valence-corrected chi connectivity index (χ2v) is 6.77. The van der Waals surface area contributed by atoms with Crippen LogP contribution in [0, 0.1) is 0 Å². The summed E-state index contributed by atoms with van der Waals surface area (Å²) in [6, 6.07) is 0.927. The van der Waals surface area contributed by atoms with E-state index < -0.39 is 23.2 Å². The maximum atomic E-state index is 12.2. The molecule has 0 aromatic carbocycles. The summed E-state index contributed by atoms with van der Waals surface area (Å²) < 4.78 is 5.47. The Morgan fingerprint density at radius 2 is 2.20 bits per heavy atom. The van der Waals surface area contributed by atoms with E-state index in [4.69, 9.17) is 0 Å². The van der Waals surface area contributed by atoms with Gasteiger partial charge in [-0.1, -0.05) is 0 Å². The van der Waals surface area contributed by atoms with Crippen molar-refractivity contribution in [2.24, 2.45) is 0 Å². The molecule has 1 aliphatic heterocycles. The van der Waals surface area contributed by atoms with Crippen molar-refractivity contribution in [2.75, 3.05) is 7.11 Å². The lowest BCUT2D eigenvalue weighted by molar-refractivity contribution is -0.148.